The van der Waals surface area contributed by atoms with E-state index in [0.29, 0.717) is 18.2 Å². The van der Waals surface area contributed by atoms with Gasteiger partial charge >= 0.3 is 12.1 Å². The van der Waals surface area contributed by atoms with E-state index in [1.165, 1.54) is 24.3 Å². The summed E-state index contributed by atoms with van der Waals surface area (Å²) in [4.78, 5) is 28.8. The Kier molecular flexibility index (Phi) is 5.38. The number of nitrogens with zero attached hydrogens (tertiary/aromatic N) is 2. The highest BCUT2D eigenvalue weighted by Crippen LogP contribution is 2.37. The minimum absolute atomic E-state index is 0.00530. The zero-order chi connectivity index (χ0) is 22.2. The topological polar surface area (TPSA) is 94.3 Å². The lowest BCUT2D eigenvalue weighted by Crippen LogP contribution is -2.31. The molecule has 1 N–H and O–H groups in total. The number of esters is 1. The maximum Gasteiger partial charge on any atom is 0.417 e. The predicted molar refractivity (Wildman–Crippen MR) is 103 cm³/mol. The highest BCUT2D eigenvalue weighted by atomic mass is 19.4. The van der Waals surface area contributed by atoms with Crippen LogP contribution in [0, 0.1) is 12.8 Å². The van der Waals surface area contributed by atoms with Gasteiger partial charge in [0.25, 0.3) is 11.6 Å². The fourth-order valence-electron chi connectivity index (χ4n) is 3.16. The van der Waals surface area contributed by atoms with Crippen LogP contribution in [0.5, 0.6) is 0 Å². The molecule has 2 aromatic heterocycles. The zero-order valence-electron chi connectivity index (χ0n) is 16.5. The molecule has 0 unspecified atom stereocenters. The van der Waals surface area contributed by atoms with Crippen molar-refractivity contribution in [1.82, 2.24) is 15.5 Å². The molecular formula is C21H18F3N3O4. The molecule has 0 saturated heterocycles. The van der Waals surface area contributed by atoms with Crippen LogP contribution in [0.25, 0.3) is 22.4 Å². The molecule has 4 rings (SSSR count). The number of alkyl halides is 3. The number of fused-ring (bicyclic) bond motifs is 1. The molecule has 0 spiro atoms. The number of carbonyl (C=O) groups excluding carboxylic acids is 2. The van der Waals surface area contributed by atoms with E-state index in [2.05, 4.69) is 15.5 Å². The molecule has 1 aliphatic rings. The Morgan fingerprint density at radius 3 is 2.71 bits per heavy atom. The van der Waals surface area contributed by atoms with E-state index in [1.54, 1.807) is 6.92 Å². The Bertz CT molecular complexity index is 1150. The van der Waals surface area contributed by atoms with Crippen LogP contribution in [0.2, 0.25) is 0 Å². The third kappa shape index (κ3) is 4.52. The van der Waals surface area contributed by atoms with Crippen LogP contribution < -0.4 is 5.32 Å². The van der Waals surface area contributed by atoms with E-state index in [1.807, 2.05) is 0 Å². The van der Waals surface area contributed by atoms with Crippen molar-refractivity contribution in [2.24, 2.45) is 5.92 Å². The van der Waals surface area contributed by atoms with Gasteiger partial charge in [0.15, 0.2) is 0 Å². The zero-order valence-corrected chi connectivity index (χ0v) is 16.5. The Labute approximate surface area is 174 Å². The first-order valence-electron chi connectivity index (χ1n) is 9.61. The average Bonchev–Trinajstić information content (AvgIpc) is 3.50. The molecule has 1 fully saturated rings. The van der Waals surface area contributed by atoms with Crippen LogP contribution in [-0.2, 0) is 15.7 Å². The van der Waals surface area contributed by atoms with E-state index >= 15 is 0 Å². The first-order valence-corrected chi connectivity index (χ1v) is 9.61. The smallest absolute Gasteiger partial charge is 0.417 e. The molecule has 1 amide bonds. The summed E-state index contributed by atoms with van der Waals surface area (Å²) in [7, 11) is 0. The molecule has 1 saturated carbocycles. The summed E-state index contributed by atoms with van der Waals surface area (Å²) in [6.45, 7) is 1.53. The predicted octanol–water partition coefficient (Wildman–Crippen LogP) is 3.90. The van der Waals surface area contributed by atoms with Gasteiger partial charge in [-0.25, -0.2) is 4.98 Å². The van der Waals surface area contributed by atoms with Crippen molar-refractivity contribution in [1.29, 1.82) is 0 Å². The average molecular weight is 433 g/mol. The Balaban J connectivity index is 1.66. The normalized spacial score (nSPS) is 13.9. The van der Waals surface area contributed by atoms with Crippen molar-refractivity contribution in [2.75, 3.05) is 13.2 Å². The molecule has 2 heterocycles. The molecule has 0 bridgehead atoms. The summed E-state index contributed by atoms with van der Waals surface area (Å²) < 4.78 is 50.6. The third-order valence-electron chi connectivity index (χ3n) is 4.94. The lowest BCUT2D eigenvalue weighted by Gasteiger charge is -2.13. The van der Waals surface area contributed by atoms with Gasteiger partial charge in [-0.2, -0.15) is 13.2 Å². The summed E-state index contributed by atoms with van der Waals surface area (Å²) in [6.07, 6.45) is -2.58. The largest absolute Gasteiger partial charge is 0.464 e. The number of ether oxygens (including phenoxy) is 1. The van der Waals surface area contributed by atoms with Gasteiger partial charge in [0.1, 0.15) is 6.54 Å². The minimum atomic E-state index is -4.61. The number of nitrogens with one attached hydrogen (secondary N) is 1. The fourth-order valence-corrected chi connectivity index (χ4v) is 3.16. The highest BCUT2D eigenvalue weighted by Gasteiger charge is 2.34. The summed E-state index contributed by atoms with van der Waals surface area (Å²) >= 11 is 0. The monoisotopic (exact) mass is 433 g/mol. The number of amides is 1. The molecule has 10 heteroatoms. The van der Waals surface area contributed by atoms with Gasteiger partial charge in [0.2, 0.25) is 0 Å². The summed E-state index contributed by atoms with van der Waals surface area (Å²) in [5.41, 5.74) is -0.922. The standard InChI is InChI=1S/C21H18F3N3O4/c1-11-18-14(19(29)25-9-17(28)30-10-12-6-7-12)8-16(26-20(18)31-27-11)13-4-2-3-5-15(13)21(22,23)24/h2-5,8,12H,6-7,9-10H2,1H3,(H,25,29). The Morgan fingerprint density at radius 2 is 2.00 bits per heavy atom. The number of benzene rings is 1. The fraction of sp³-hybridized carbons (Fsp3) is 0.333. The number of aryl methyl sites for hydroxylation is 1. The summed E-state index contributed by atoms with van der Waals surface area (Å²) in [6, 6.07) is 6.14. The number of hydrogen-bond donors (Lipinski definition) is 1. The van der Waals surface area contributed by atoms with Crippen LogP contribution in [0.4, 0.5) is 13.2 Å². The highest BCUT2D eigenvalue weighted by molar-refractivity contribution is 6.07. The molecule has 0 radical (unpaired) electrons. The van der Waals surface area contributed by atoms with Crippen LogP contribution in [0.3, 0.4) is 0 Å². The minimum Gasteiger partial charge on any atom is -0.464 e. The number of aromatic nitrogens is 2. The van der Waals surface area contributed by atoms with E-state index in [9.17, 15) is 22.8 Å². The SMILES string of the molecule is Cc1noc2nc(-c3ccccc3C(F)(F)F)cc(C(=O)NCC(=O)OCC3CC3)c12. The van der Waals surface area contributed by atoms with Crippen molar-refractivity contribution >= 4 is 23.0 Å². The van der Waals surface area contributed by atoms with Gasteiger partial charge in [0.05, 0.1) is 34.5 Å². The molecule has 162 valence electrons. The first-order chi connectivity index (χ1) is 14.7. The van der Waals surface area contributed by atoms with Gasteiger partial charge in [-0.15, -0.1) is 0 Å². The Hall–Kier alpha value is -3.43. The number of carbonyl (C=O) groups is 2. The van der Waals surface area contributed by atoms with Crippen molar-refractivity contribution in [3.8, 4) is 11.3 Å². The maximum absolute atomic E-state index is 13.5. The molecule has 31 heavy (non-hydrogen) atoms. The van der Waals surface area contributed by atoms with Crippen molar-refractivity contribution in [2.45, 2.75) is 25.9 Å². The Morgan fingerprint density at radius 1 is 1.26 bits per heavy atom. The number of halogens is 3. The number of hydrogen-bond acceptors (Lipinski definition) is 6. The van der Waals surface area contributed by atoms with Gasteiger partial charge in [-0.3, -0.25) is 9.59 Å². The molecule has 1 aliphatic carbocycles. The second-order valence-electron chi connectivity index (χ2n) is 7.36. The molecule has 3 aromatic rings. The van der Waals surface area contributed by atoms with Gasteiger partial charge in [-0.05, 0) is 37.8 Å². The van der Waals surface area contributed by atoms with E-state index in [-0.39, 0.29) is 34.5 Å². The van der Waals surface area contributed by atoms with Crippen LogP contribution in [0.15, 0.2) is 34.9 Å². The first kappa shape index (κ1) is 20.8. The van der Waals surface area contributed by atoms with Crippen molar-refractivity contribution < 1.29 is 32.0 Å². The van der Waals surface area contributed by atoms with E-state index in [0.717, 1.165) is 18.9 Å². The van der Waals surface area contributed by atoms with Crippen LogP contribution in [-0.4, -0.2) is 35.2 Å². The number of pyridine rings is 1. The molecule has 0 aliphatic heterocycles. The second kappa shape index (κ2) is 8.01. The second-order valence-corrected chi connectivity index (χ2v) is 7.36. The van der Waals surface area contributed by atoms with Gasteiger partial charge in [0, 0.05) is 5.56 Å². The third-order valence-corrected chi connectivity index (χ3v) is 4.94. The lowest BCUT2D eigenvalue weighted by atomic mass is 10.0. The van der Waals surface area contributed by atoms with E-state index in [4.69, 9.17) is 9.26 Å². The van der Waals surface area contributed by atoms with Crippen LogP contribution >= 0.6 is 0 Å². The van der Waals surface area contributed by atoms with Gasteiger partial charge in [-0.1, -0.05) is 23.4 Å². The summed E-state index contributed by atoms with van der Waals surface area (Å²) in [5.74, 6) is -0.876. The molecule has 1 aromatic carbocycles. The number of rotatable bonds is 6. The van der Waals surface area contributed by atoms with Crippen LogP contribution in [0.1, 0.15) is 34.5 Å². The molecule has 7 nitrogen and oxygen atoms in total. The van der Waals surface area contributed by atoms with Crippen molar-refractivity contribution in [3.05, 3.63) is 47.2 Å². The van der Waals surface area contributed by atoms with E-state index < -0.39 is 23.6 Å². The molecule has 0 atom stereocenters. The quantitative estimate of drug-likeness (QED) is 0.593. The summed E-state index contributed by atoms with van der Waals surface area (Å²) in [5, 5.41) is 6.47. The van der Waals surface area contributed by atoms with Crippen molar-refractivity contribution in [3.63, 3.8) is 0 Å². The molecular weight excluding hydrogens is 415 g/mol. The van der Waals surface area contributed by atoms with Gasteiger partial charge < -0.3 is 14.6 Å². The lowest BCUT2D eigenvalue weighted by molar-refractivity contribution is -0.143. The maximum atomic E-state index is 13.5.